The predicted molar refractivity (Wildman–Crippen MR) is 112 cm³/mol. The highest BCUT2D eigenvalue weighted by atomic mass is 16.3. The van der Waals surface area contributed by atoms with Gasteiger partial charge in [-0.3, -0.25) is 9.48 Å². The van der Waals surface area contributed by atoms with Crippen molar-refractivity contribution in [2.45, 2.75) is 45.3 Å². The van der Waals surface area contributed by atoms with Gasteiger partial charge in [0.15, 0.2) is 0 Å². The van der Waals surface area contributed by atoms with E-state index < -0.39 is 6.10 Å². The van der Waals surface area contributed by atoms with Crippen molar-refractivity contribution in [1.29, 1.82) is 0 Å². The first-order valence-electron chi connectivity index (χ1n) is 10.2. The molecule has 152 valence electrons. The number of aromatic nitrogens is 3. The van der Waals surface area contributed by atoms with Gasteiger partial charge in [-0.1, -0.05) is 30.3 Å². The molecule has 4 rings (SSSR count). The maximum absolute atomic E-state index is 13.5. The van der Waals surface area contributed by atoms with Crippen LogP contribution in [0.1, 0.15) is 52.7 Å². The number of likely N-dealkylation sites (tertiary alicyclic amines) is 1. The third-order valence-corrected chi connectivity index (χ3v) is 5.94. The zero-order chi connectivity index (χ0) is 20.5. The van der Waals surface area contributed by atoms with Crippen LogP contribution in [-0.4, -0.2) is 42.8 Å². The van der Waals surface area contributed by atoms with Crippen molar-refractivity contribution in [1.82, 2.24) is 19.2 Å². The SMILES string of the molecule is Cc1ccc(C)n1-c1c(C(=O)N2CCC[C@H]2C[C@H](O)c2ccccc2)cnn1C. The topological polar surface area (TPSA) is 63.3 Å². The molecule has 0 aliphatic carbocycles. The Bertz CT molecular complexity index is 986. The smallest absolute Gasteiger partial charge is 0.259 e. The molecule has 2 aromatic heterocycles. The monoisotopic (exact) mass is 392 g/mol. The summed E-state index contributed by atoms with van der Waals surface area (Å²) in [5.74, 6) is 0.785. The lowest BCUT2D eigenvalue weighted by molar-refractivity contribution is 0.0667. The largest absolute Gasteiger partial charge is 0.388 e. The van der Waals surface area contributed by atoms with Crippen LogP contribution in [-0.2, 0) is 7.05 Å². The molecule has 0 saturated carbocycles. The van der Waals surface area contributed by atoms with Crippen LogP contribution in [0.3, 0.4) is 0 Å². The minimum atomic E-state index is -0.572. The van der Waals surface area contributed by atoms with Crippen molar-refractivity contribution in [3.63, 3.8) is 0 Å². The molecule has 6 nitrogen and oxygen atoms in total. The molecule has 1 amide bonds. The first-order chi connectivity index (χ1) is 14.0. The van der Waals surface area contributed by atoms with Gasteiger partial charge < -0.3 is 14.6 Å². The maximum atomic E-state index is 13.5. The van der Waals surface area contributed by atoms with Gasteiger partial charge in [0.1, 0.15) is 11.4 Å². The fraction of sp³-hybridized carbons (Fsp3) is 0.391. The summed E-state index contributed by atoms with van der Waals surface area (Å²) >= 11 is 0. The predicted octanol–water partition coefficient (Wildman–Crippen LogP) is 3.56. The van der Waals surface area contributed by atoms with Gasteiger partial charge >= 0.3 is 0 Å². The zero-order valence-corrected chi connectivity index (χ0v) is 17.2. The number of aliphatic hydroxyl groups excluding tert-OH is 1. The van der Waals surface area contributed by atoms with Crippen LogP contribution in [0.25, 0.3) is 5.82 Å². The Labute approximate surface area is 171 Å². The molecule has 0 spiro atoms. The molecule has 2 atom stereocenters. The summed E-state index contributed by atoms with van der Waals surface area (Å²) in [6, 6.07) is 13.8. The van der Waals surface area contributed by atoms with Crippen LogP contribution in [0.2, 0.25) is 0 Å². The van der Waals surface area contributed by atoms with Gasteiger partial charge in [0.2, 0.25) is 0 Å². The summed E-state index contributed by atoms with van der Waals surface area (Å²) in [5, 5.41) is 15.1. The number of hydrogen-bond acceptors (Lipinski definition) is 3. The Morgan fingerprint density at radius 3 is 2.55 bits per heavy atom. The molecule has 1 aromatic carbocycles. The van der Waals surface area contributed by atoms with Crippen LogP contribution in [0.4, 0.5) is 0 Å². The lowest BCUT2D eigenvalue weighted by atomic mass is 10.0. The van der Waals surface area contributed by atoms with Crippen LogP contribution in [0, 0.1) is 13.8 Å². The van der Waals surface area contributed by atoms with E-state index in [2.05, 4.69) is 9.67 Å². The lowest BCUT2D eigenvalue weighted by Crippen LogP contribution is -2.37. The lowest BCUT2D eigenvalue weighted by Gasteiger charge is -2.27. The van der Waals surface area contributed by atoms with Crippen LogP contribution in [0.15, 0.2) is 48.7 Å². The highest BCUT2D eigenvalue weighted by Gasteiger charge is 2.33. The van der Waals surface area contributed by atoms with Gasteiger partial charge in [0.05, 0.1) is 12.3 Å². The van der Waals surface area contributed by atoms with Crippen molar-refractivity contribution in [2.24, 2.45) is 7.05 Å². The number of rotatable bonds is 5. The highest BCUT2D eigenvalue weighted by Crippen LogP contribution is 2.30. The number of carbonyl (C=O) groups is 1. The molecule has 0 radical (unpaired) electrons. The second-order valence-electron chi connectivity index (χ2n) is 7.91. The van der Waals surface area contributed by atoms with Crippen LogP contribution in [0.5, 0.6) is 0 Å². The van der Waals surface area contributed by atoms with Gasteiger partial charge in [0, 0.05) is 31.0 Å². The summed E-state index contributed by atoms with van der Waals surface area (Å²) in [6.07, 6.45) is 3.51. The molecule has 1 N–H and O–H groups in total. The van der Waals surface area contributed by atoms with Gasteiger partial charge in [-0.25, -0.2) is 0 Å². The number of hydrogen-bond donors (Lipinski definition) is 1. The molecule has 0 unspecified atom stereocenters. The van der Waals surface area contributed by atoms with E-state index in [4.69, 9.17) is 0 Å². The summed E-state index contributed by atoms with van der Waals surface area (Å²) < 4.78 is 3.83. The molecule has 6 heteroatoms. The average molecular weight is 393 g/mol. The first kappa shape index (κ1) is 19.5. The van der Waals surface area contributed by atoms with Crippen LogP contribution < -0.4 is 0 Å². The summed E-state index contributed by atoms with van der Waals surface area (Å²) in [4.78, 5) is 15.4. The Balaban J connectivity index is 1.60. The van der Waals surface area contributed by atoms with Crippen LogP contribution >= 0.6 is 0 Å². The third-order valence-electron chi connectivity index (χ3n) is 5.94. The first-order valence-corrected chi connectivity index (χ1v) is 10.2. The number of benzene rings is 1. The van der Waals surface area contributed by atoms with Gasteiger partial charge in [-0.05, 0) is 50.8 Å². The second-order valence-corrected chi connectivity index (χ2v) is 7.91. The molecule has 1 saturated heterocycles. The average Bonchev–Trinajstić information content (AvgIpc) is 3.41. The van der Waals surface area contributed by atoms with E-state index in [1.165, 1.54) is 0 Å². The molecular weight excluding hydrogens is 364 g/mol. The number of aliphatic hydroxyl groups is 1. The van der Waals surface area contributed by atoms with E-state index in [1.54, 1.807) is 10.9 Å². The highest BCUT2D eigenvalue weighted by molar-refractivity contribution is 5.97. The fourth-order valence-corrected chi connectivity index (χ4v) is 4.42. The number of aryl methyl sites for hydroxylation is 3. The quantitative estimate of drug-likeness (QED) is 0.722. The summed E-state index contributed by atoms with van der Waals surface area (Å²) in [7, 11) is 1.87. The Hall–Kier alpha value is -2.86. The van der Waals surface area contributed by atoms with E-state index in [9.17, 15) is 9.90 Å². The molecular formula is C23H28N4O2. The van der Waals surface area contributed by atoms with E-state index in [0.29, 0.717) is 18.5 Å². The second kappa shape index (κ2) is 7.87. The molecule has 0 bridgehead atoms. The van der Waals surface area contributed by atoms with Gasteiger partial charge in [-0.15, -0.1) is 0 Å². The Kier molecular flexibility index (Phi) is 5.28. The molecule has 1 aliphatic rings. The summed E-state index contributed by atoms with van der Waals surface area (Å²) in [6.45, 7) is 4.77. The maximum Gasteiger partial charge on any atom is 0.259 e. The number of amides is 1. The fourth-order valence-electron chi connectivity index (χ4n) is 4.42. The molecule has 3 aromatic rings. The Morgan fingerprint density at radius 2 is 1.86 bits per heavy atom. The standard InChI is InChI=1S/C23H28N4O2/c1-16-11-12-17(2)27(16)22-20(15-24-25(22)3)23(29)26-13-7-10-19(26)14-21(28)18-8-5-4-6-9-18/h4-6,8-9,11-12,15,19,21,28H,7,10,13-14H2,1-3H3/t19-,21-/m0/s1. The number of nitrogens with zero attached hydrogens (tertiary/aromatic N) is 4. The van der Waals surface area contributed by atoms with Gasteiger partial charge in [0.25, 0.3) is 5.91 Å². The van der Waals surface area contributed by atoms with E-state index in [-0.39, 0.29) is 11.9 Å². The molecule has 1 fully saturated rings. The molecule has 29 heavy (non-hydrogen) atoms. The van der Waals surface area contributed by atoms with Crippen molar-refractivity contribution in [3.05, 3.63) is 71.2 Å². The third kappa shape index (κ3) is 3.60. The van der Waals surface area contributed by atoms with Crippen molar-refractivity contribution < 1.29 is 9.90 Å². The van der Waals surface area contributed by atoms with Crippen molar-refractivity contribution >= 4 is 5.91 Å². The number of carbonyl (C=O) groups excluding carboxylic acids is 1. The minimum absolute atomic E-state index is 0.0108. The zero-order valence-electron chi connectivity index (χ0n) is 17.2. The Morgan fingerprint density at radius 1 is 1.17 bits per heavy atom. The van der Waals surface area contributed by atoms with E-state index in [0.717, 1.165) is 35.6 Å². The summed E-state index contributed by atoms with van der Waals surface area (Å²) in [5.41, 5.74) is 3.64. The van der Waals surface area contributed by atoms with Gasteiger partial charge in [-0.2, -0.15) is 5.10 Å². The molecule has 1 aliphatic heterocycles. The van der Waals surface area contributed by atoms with E-state index >= 15 is 0 Å². The van der Waals surface area contributed by atoms with Crippen molar-refractivity contribution in [3.8, 4) is 5.82 Å². The minimum Gasteiger partial charge on any atom is -0.388 e. The van der Waals surface area contributed by atoms with E-state index in [1.807, 2.05) is 68.3 Å². The normalized spacial score (nSPS) is 17.7. The van der Waals surface area contributed by atoms with Crippen molar-refractivity contribution in [2.75, 3.05) is 6.54 Å². The molecule has 3 heterocycles.